The van der Waals surface area contributed by atoms with E-state index in [1.165, 1.54) is 10.9 Å². The summed E-state index contributed by atoms with van der Waals surface area (Å²) in [5, 5.41) is 1.19. The molecule has 124 valence electrons. The highest BCUT2D eigenvalue weighted by Gasteiger charge is 2.34. The molecule has 4 rings (SSSR count). The number of aryl methyl sites for hydroxylation is 1. The summed E-state index contributed by atoms with van der Waals surface area (Å²) in [5.74, 6) is 0.237. The minimum Gasteiger partial charge on any atom is -0.361 e. The molecule has 5 heteroatoms. The van der Waals surface area contributed by atoms with Gasteiger partial charge in [-0.3, -0.25) is 0 Å². The van der Waals surface area contributed by atoms with Crippen LogP contribution in [0, 0.1) is 6.92 Å². The summed E-state index contributed by atoms with van der Waals surface area (Å²) in [6.45, 7) is 3.07. The molecule has 1 N–H and O–H groups in total. The predicted molar refractivity (Wildman–Crippen MR) is 95.6 cm³/mol. The molecule has 1 aliphatic rings. The molecule has 1 aromatic heterocycles. The fraction of sp³-hybridized carbons (Fsp3) is 0.263. The third-order valence-electron chi connectivity index (χ3n) is 4.87. The number of fused-ring (bicyclic) bond motifs is 1. The van der Waals surface area contributed by atoms with Crippen molar-refractivity contribution in [3.63, 3.8) is 0 Å². The van der Waals surface area contributed by atoms with Gasteiger partial charge in [0, 0.05) is 36.1 Å². The topological polar surface area (TPSA) is 53.2 Å². The molecule has 0 radical (unpaired) electrons. The zero-order valence-corrected chi connectivity index (χ0v) is 14.4. The molecule has 1 aliphatic heterocycles. The summed E-state index contributed by atoms with van der Waals surface area (Å²) in [6, 6.07) is 15.3. The molecule has 0 amide bonds. The fourth-order valence-electron chi connectivity index (χ4n) is 3.49. The maximum Gasteiger partial charge on any atom is 0.243 e. The van der Waals surface area contributed by atoms with Gasteiger partial charge in [0.2, 0.25) is 10.0 Å². The monoisotopic (exact) mass is 340 g/mol. The molecule has 0 saturated carbocycles. The Kier molecular flexibility index (Phi) is 3.70. The van der Waals surface area contributed by atoms with E-state index in [1.54, 1.807) is 16.4 Å². The lowest BCUT2D eigenvalue weighted by atomic mass is 9.98. The van der Waals surface area contributed by atoms with E-state index in [1.807, 2.05) is 37.4 Å². The number of aromatic amines is 1. The average molecular weight is 340 g/mol. The van der Waals surface area contributed by atoms with Crippen molar-refractivity contribution in [2.24, 2.45) is 0 Å². The van der Waals surface area contributed by atoms with Crippen LogP contribution in [0.4, 0.5) is 0 Å². The van der Waals surface area contributed by atoms with Gasteiger partial charge < -0.3 is 4.98 Å². The lowest BCUT2D eigenvalue weighted by Crippen LogP contribution is -2.28. The fourth-order valence-corrected chi connectivity index (χ4v) is 4.99. The largest absolute Gasteiger partial charge is 0.361 e. The Morgan fingerprint density at radius 3 is 2.62 bits per heavy atom. The number of hydrogen-bond donors (Lipinski definition) is 1. The highest BCUT2D eigenvalue weighted by atomic mass is 32.2. The minimum atomic E-state index is -3.41. The Hall–Kier alpha value is -2.11. The summed E-state index contributed by atoms with van der Waals surface area (Å²) < 4.78 is 27.3. The number of nitrogens with zero attached hydrogens (tertiary/aromatic N) is 1. The van der Waals surface area contributed by atoms with Crippen molar-refractivity contribution in [3.05, 3.63) is 65.9 Å². The number of nitrogens with one attached hydrogen (secondary N) is 1. The van der Waals surface area contributed by atoms with Gasteiger partial charge in [-0.05, 0) is 37.1 Å². The Morgan fingerprint density at radius 1 is 1.08 bits per heavy atom. The van der Waals surface area contributed by atoms with Crippen LogP contribution in [0.25, 0.3) is 10.9 Å². The highest BCUT2D eigenvalue weighted by molar-refractivity contribution is 7.89. The maximum atomic E-state index is 12.8. The molecule has 1 unspecified atom stereocenters. The van der Waals surface area contributed by atoms with Gasteiger partial charge in [-0.15, -0.1) is 0 Å². The summed E-state index contributed by atoms with van der Waals surface area (Å²) in [5.41, 5.74) is 3.38. The number of aromatic nitrogens is 1. The van der Waals surface area contributed by atoms with Gasteiger partial charge in [-0.25, -0.2) is 8.42 Å². The number of sulfonamides is 1. The maximum absolute atomic E-state index is 12.8. The molecule has 2 heterocycles. The SMILES string of the molecule is Cc1ccc(S(=O)(=O)N2CCC(c3c[nH]c4ccccc34)C2)cc1. The van der Waals surface area contributed by atoms with Crippen molar-refractivity contribution in [2.75, 3.05) is 13.1 Å². The number of rotatable bonds is 3. The lowest BCUT2D eigenvalue weighted by Gasteiger charge is -2.16. The Balaban J connectivity index is 1.61. The van der Waals surface area contributed by atoms with Crippen molar-refractivity contribution in [1.82, 2.24) is 9.29 Å². The van der Waals surface area contributed by atoms with Crippen LogP contribution in [-0.4, -0.2) is 30.8 Å². The second-order valence-corrected chi connectivity index (χ2v) is 8.39. The first-order valence-corrected chi connectivity index (χ1v) is 9.62. The molecule has 1 saturated heterocycles. The summed E-state index contributed by atoms with van der Waals surface area (Å²) in [4.78, 5) is 3.67. The number of hydrogen-bond acceptors (Lipinski definition) is 2. The highest BCUT2D eigenvalue weighted by Crippen LogP contribution is 2.34. The number of benzene rings is 2. The van der Waals surface area contributed by atoms with E-state index in [9.17, 15) is 8.42 Å². The molecular formula is C19H20N2O2S. The number of para-hydroxylation sites is 1. The Labute approximate surface area is 142 Å². The van der Waals surface area contributed by atoms with Crippen LogP contribution >= 0.6 is 0 Å². The van der Waals surface area contributed by atoms with Gasteiger partial charge in [0.05, 0.1) is 4.90 Å². The summed E-state index contributed by atoms with van der Waals surface area (Å²) in [7, 11) is -3.41. The van der Waals surface area contributed by atoms with Crippen molar-refractivity contribution in [3.8, 4) is 0 Å². The predicted octanol–water partition coefficient (Wildman–Crippen LogP) is 3.65. The van der Waals surface area contributed by atoms with Crippen molar-refractivity contribution in [1.29, 1.82) is 0 Å². The molecule has 4 nitrogen and oxygen atoms in total. The zero-order chi connectivity index (χ0) is 16.7. The second kappa shape index (κ2) is 5.76. The minimum absolute atomic E-state index is 0.237. The van der Waals surface area contributed by atoms with Crippen molar-refractivity contribution in [2.45, 2.75) is 24.2 Å². The van der Waals surface area contributed by atoms with Crippen LogP contribution < -0.4 is 0 Å². The first-order valence-electron chi connectivity index (χ1n) is 8.18. The van der Waals surface area contributed by atoms with Crippen LogP contribution in [-0.2, 0) is 10.0 Å². The van der Waals surface area contributed by atoms with Gasteiger partial charge in [0.25, 0.3) is 0 Å². The Bertz CT molecular complexity index is 974. The third kappa shape index (κ3) is 2.54. The number of H-pyrrole nitrogens is 1. The molecule has 1 atom stereocenters. The van der Waals surface area contributed by atoms with E-state index in [0.29, 0.717) is 18.0 Å². The zero-order valence-electron chi connectivity index (χ0n) is 13.6. The Morgan fingerprint density at radius 2 is 1.83 bits per heavy atom. The lowest BCUT2D eigenvalue weighted by molar-refractivity contribution is 0.473. The smallest absolute Gasteiger partial charge is 0.243 e. The van der Waals surface area contributed by atoms with Crippen LogP contribution in [0.15, 0.2) is 59.6 Å². The molecule has 0 bridgehead atoms. The van der Waals surface area contributed by atoms with Gasteiger partial charge in [-0.1, -0.05) is 35.9 Å². The summed E-state index contributed by atoms with van der Waals surface area (Å²) in [6.07, 6.45) is 2.88. The first kappa shape index (κ1) is 15.4. The van der Waals surface area contributed by atoms with E-state index in [2.05, 4.69) is 17.1 Å². The van der Waals surface area contributed by atoms with E-state index in [4.69, 9.17) is 0 Å². The summed E-state index contributed by atoms with van der Waals surface area (Å²) >= 11 is 0. The van der Waals surface area contributed by atoms with E-state index in [-0.39, 0.29) is 5.92 Å². The first-order chi connectivity index (χ1) is 11.6. The molecule has 0 spiro atoms. The van der Waals surface area contributed by atoms with E-state index < -0.39 is 10.0 Å². The van der Waals surface area contributed by atoms with Gasteiger partial charge in [0.1, 0.15) is 0 Å². The van der Waals surface area contributed by atoms with Crippen LogP contribution in [0.2, 0.25) is 0 Å². The molecule has 1 fully saturated rings. The van der Waals surface area contributed by atoms with Gasteiger partial charge >= 0.3 is 0 Å². The quantitative estimate of drug-likeness (QED) is 0.791. The van der Waals surface area contributed by atoms with Gasteiger partial charge in [-0.2, -0.15) is 4.31 Å². The third-order valence-corrected chi connectivity index (χ3v) is 6.75. The standard InChI is InChI=1S/C19H20N2O2S/c1-14-6-8-16(9-7-14)24(22,23)21-11-10-15(13-21)18-12-20-19-5-3-2-4-17(18)19/h2-9,12,15,20H,10-11,13H2,1H3. The van der Waals surface area contributed by atoms with Crippen molar-refractivity contribution < 1.29 is 8.42 Å². The molecule has 24 heavy (non-hydrogen) atoms. The van der Waals surface area contributed by atoms with Crippen LogP contribution in [0.5, 0.6) is 0 Å². The van der Waals surface area contributed by atoms with E-state index in [0.717, 1.165) is 17.5 Å². The molecule has 0 aliphatic carbocycles. The van der Waals surface area contributed by atoms with Crippen LogP contribution in [0.1, 0.15) is 23.5 Å². The second-order valence-electron chi connectivity index (χ2n) is 6.45. The van der Waals surface area contributed by atoms with Gasteiger partial charge in [0.15, 0.2) is 0 Å². The normalized spacial score (nSPS) is 19.1. The molecular weight excluding hydrogens is 320 g/mol. The van der Waals surface area contributed by atoms with Crippen LogP contribution in [0.3, 0.4) is 0 Å². The molecule has 3 aromatic rings. The molecule has 2 aromatic carbocycles. The average Bonchev–Trinajstić information content (AvgIpc) is 3.22. The van der Waals surface area contributed by atoms with Crippen molar-refractivity contribution >= 4 is 20.9 Å². The van der Waals surface area contributed by atoms with E-state index >= 15 is 0 Å².